The molecule has 0 saturated heterocycles. The number of hydrogen-bond acceptors (Lipinski definition) is 6. The number of carbonyl (C=O) groups excluding carboxylic acids is 1. The van der Waals surface area contributed by atoms with Crippen LogP contribution in [0.15, 0.2) is 29.1 Å². The Labute approximate surface area is 154 Å². The van der Waals surface area contributed by atoms with Gasteiger partial charge in [0.25, 0.3) is 5.56 Å². The predicted octanol–water partition coefficient (Wildman–Crippen LogP) is 2.40. The average molecular weight is 369 g/mol. The van der Waals surface area contributed by atoms with Crippen molar-refractivity contribution in [2.45, 2.75) is 39.2 Å². The van der Waals surface area contributed by atoms with Crippen LogP contribution in [0.1, 0.15) is 30.3 Å². The lowest BCUT2D eigenvalue weighted by molar-refractivity contribution is -0.116. The second kappa shape index (κ2) is 6.95. The summed E-state index contributed by atoms with van der Waals surface area (Å²) in [5, 5.41) is 11.9. The second-order valence-electron chi connectivity index (χ2n) is 6.67. The van der Waals surface area contributed by atoms with Crippen molar-refractivity contribution >= 4 is 33.3 Å². The van der Waals surface area contributed by atoms with Crippen molar-refractivity contribution in [2.75, 3.05) is 5.32 Å². The summed E-state index contributed by atoms with van der Waals surface area (Å²) in [5.41, 5.74) is 1.43. The maximum absolute atomic E-state index is 12.4. The van der Waals surface area contributed by atoms with Gasteiger partial charge in [-0.05, 0) is 37.3 Å². The number of thiazole rings is 1. The van der Waals surface area contributed by atoms with E-state index in [9.17, 15) is 9.59 Å². The molecule has 1 N–H and O–H groups in total. The van der Waals surface area contributed by atoms with Crippen molar-refractivity contribution in [3.05, 3.63) is 45.2 Å². The highest BCUT2D eigenvalue weighted by Gasteiger charge is 2.20. The van der Waals surface area contributed by atoms with E-state index in [0.717, 1.165) is 25.0 Å². The number of nitrogens with one attached hydrogen (secondary N) is 1. The highest BCUT2D eigenvalue weighted by molar-refractivity contribution is 7.15. The monoisotopic (exact) mass is 369 g/mol. The zero-order chi connectivity index (χ0) is 18.1. The Morgan fingerprint density at radius 1 is 1.38 bits per heavy atom. The first kappa shape index (κ1) is 16.8. The first-order chi connectivity index (χ1) is 12.6. The molecule has 0 unspecified atom stereocenters. The Morgan fingerprint density at radius 2 is 2.23 bits per heavy atom. The molecule has 0 spiro atoms. The van der Waals surface area contributed by atoms with Crippen molar-refractivity contribution in [1.82, 2.24) is 20.0 Å². The molecule has 1 aromatic carbocycles. The summed E-state index contributed by atoms with van der Waals surface area (Å²) in [6.45, 7) is 2.42. The van der Waals surface area contributed by atoms with Crippen LogP contribution in [0.25, 0.3) is 10.9 Å². The van der Waals surface area contributed by atoms with Crippen LogP contribution in [0.5, 0.6) is 0 Å². The number of anilines is 1. The first-order valence-corrected chi connectivity index (χ1v) is 9.53. The van der Waals surface area contributed by atoms with Crippen molar-refractivity contribution < 1.29 is 4.79 Å². The lowest BCUT2D eigenvalue weighted by Gasteiger charge is -2.15. The molecule has 134 valence electrons. The van der Waals surface area contributed by atoms with E-state index in [1.54, 1.807) is 29.5 Å². The molecule has 1 aliphatic carbocycles. The summed E-state index contributed by atoms with van der Waals surface area (Å²) in [5.74, 6) is 0.496. The molecular formula is C18H19N5O2S. The molecule has 1 amide bonds. The third kappa shape index (κ3) is 3.37. The predicted molar refractivity (Wildman–Crippen MR) is 100 cm³/mol. The minimum Gasteiger partial charge on any atom is -0.302 e. The Bertz CT molecular complexity index is 1030. The van der Waals surface area contributed by atoms with Crippen LogP contribution in [0, 0.1) is 5.92 Å². The molecule has 0 saturated carbocycles. The van der Waals surface area contributed by atoms with Gasteiger partial charge in [0.05, 0.1) is 17.6 Å². The second-order valence-corrected chi connectivity index (χ2v) is 7.75. The summed E-state index contributed by atoms with van der Waals surface area (Å²) in [4.78, 5) is 30.4. The number of aryl methyl sites for hydroxylation is 2. The molecule has 4 rings (SSSR count). The summed E-state index contributed by atoms with van der Waals surface area (Å²) < 4.78 is 1.23. The number of hydrogen-bond donors (Lipinski definition) is 1. The molecule has 0 radical (unpaired) electrons. The van der Waals surface area contributed by atoms with Crippen LogP contribution in [0.4, 0.5) is 5.13 Å². The molecule has 0 bridgehead atoms. The molecule has 1 aliphatic rings. The molecule has 0 fully saturated rings. The minimum atomic E-state index is -0.234. The fraction of sp³-hybridized carbons (Fsp3) is 0.389. The maximum Gasteiger partial charge on any atom is 0.277 e. The molecule has 2 heterocycles. The van der Waals surface area contributed by atoms with Gasteiger partial charge < -0.3 is 5.32 Å². The number of fused-ring (bicyclic) bond motifs is 2. The van der Waals surface area contributed by atoms with Gasteiger partial charge in [0.15, 0.2) is 5.13 Å². The number of nitrogens with zero attached hydrogens (tertiary/aromatic N) is 4. The Morgan fingerprint density at radius 3 is 3.12 bits per heavy atom. The van der Waals surface area contributed by atoms with Gasteiger partial charge in [-0.2, -0.15) is 0 Å². The van der Waals surface area contributed by atoms with E-state index in [-0.39, 0.29) is 24.4 Å². The van der Waals surface area contributed by atoms with Gasteiger partial charge >= 0.3 is 0 Å². The van der Waals surface area contributed by atoms with E-state index >= 15 is 0 Å². The Balaban J connectivity index is 1.42. The maximum atomic E-state index is 12.4. The van der Waals surface area contributed by atoms with Gasteiger partial charge in [0.1, 0.15) is 5.52 Å². The van der Waals surface area contributed by atoms with E-state index in [1.807, 2.05) is 6.07 Å². The zero-order valence-corrected chi connectivity index (χ0v) is 15.3. The lowest BCUT2D eigenvalue weighted by atomic mass is 9.93. The fourth-order valence-corrected chi connectivity index (χ4v) is 4.34. The van der Waals surface area contributed by atoms with Crippen molar-refractivity contribution in [3.8, 4) is 0 Å². The Hall–Kier alpha value is -2.61. The third-order valence-corrected chi connectivity index (χ3v) is 5.65. The molecule has 26 heavy (non-hydrogen) atoms. The summed E-state index contributed by atoms with van der Waals surface area (Å²) in [7, 11) is 0. The number of rotatable bonds is 4. The topological polar surface area (TPSA) is 89.8 Å². The van der Waals surface area contributed by atoms with Crippen LogP contribution >= 0.6 is 11.3 Å². The molecule has 0 aliphatic heterocycles. The van der Waals surface area contributed by atoms with Crippen LogP contribution < -0.4 is 10.9 Å². The normalized spacial score (nSPS) is 16.4. The van der Waals surface area contributed by atoms with Gasteiger partial charge in [-0.25, -0.2) is 9.67 Å². The quantitative estimate of drug-likeness (QED) is 0.763. The van der Waals surface area contributed by atoms with Crippen LogP contribution in [0.3, 0.4) is 0 Å². The highest BCUT2D eigenvalue weighted by Crippen LogP contribution is 2.32. The Kier molecular flexibility index (Phi) is 4.50. The van der Waals surface area contributed by atoms with Crippen molar-refractivity contribution in [2.24, 2.45) is 5.92 Å². The van der Waals surface area contributed by atoms with Gasteiger partial charge in [-0.1, -0.05) is 24.3 Å². The summed E-state index contributed by atoms with van der Waals surface area (Å²) in [6.07, 6.45) is 3.30. The largest absolute Gasteiger partial charge is 0.302 e. The van der Waals surface area contributed by atoms with Gasteiger partial charge in [0, 0.05) is 11.3 Å². The van der Waals surface area contributed by atoms with Crippen molar-refractivity contribution in [3.63, 3.8) is 0 Å². The standard InChI is InChI=1S/C18H19N5O2S/c1-11-6-7-14-15(10-11)26-18(19-14)20-16(24)8-9-23-17(25)12-4-2-3-5-13(12)21-22-23/h2-5,11H,6-10H2,1H3,(H,19,20,24)/t11-/m1/s1. The molecule has 1 atom stereocenters. The number of benzene rings is 1. The number of aromatic nitrogens is 4. The van der Waals surface area contributed by atoms with Crippen LogP contribution in [0.2, 0.25) is 0 Å². The lowest BCUT2D eigenvalue weighted by Crippen LogP contribution is -2.26. The molecule has 3 aromatic rings. The SMILES string of the molecule is C[C@@H]1CCc2nc(NC(=O)CCn3nnc4ccccc4c3=O)sc2C1. The zero-order valence-electron chi connectivity index (χ0n) is 14.4. The summed E-state index contributed by atoms with van der Waals surface area (Å²) in [6, 6.07) is 7.05. The van der Waals surface area contributed by atoms with E-state index in [2.05, 4.69) is 27.5 Å². The van der Waals surface area contributed by atoms with Gasteiger partial charge in [0.2, 0.25) is 5.91 Å². The molecular weight excluding hydrogens is 350 g/mol. The van der Waals surface area contributed by atoms with Gasteiger partial charge in [-0.3, -0.25) is 9.59 Å². The van der Waals surface area contributed by atoms with Gasteiger partial charge in [-0.15, -0.1) is 16.4 Å². The van der Waals surface area contributed by atoms with E-state index in [4.69, 9.17) is 0 Å². The fourth-order valence-electron chi connectivity index (χ4n) is 3.15. The van der Waals surface area contributed by atoms with Crippen LogP contribution in [-0.2, 0) is 24.2 Å². The highest BCUT2D eigenvalue weighted by atomic mass is 32.1. The van der Waals surface area contributed by atoms with E-state index < -0.39 is 0 Å². The van der Waals surface area contributed by atoms with E-state index in [1.165, 1.54) is 9.56 Å². The average Bonchev–Trinajstić information content (AvgIpc) is 3.02. The minimum absolute atomic E-state index is 0.146. The third-order valence-electron chi connectivity index (χ3n) is 4.61. The van der Waals surface area contributed by atoms with Crippen molar-refractivity contribution in [1.29, 1.82) is 0 Å². The number of amides is 1. The number of carbonyl (C=O) groups is 1. The smallest absolute Gasteiger partial charge is 0.277 e. The van der Waals surface area contributed by atoms with Crippen LogP contribution in [-0.4, -0.2) is 25.9 Å². The molecule has 7 nitrogen and oxygen atoms in total. The van der Waals surface area contributed by atoms with E-state index in [0.29, 0.717) is 22.0 Å². The molecule has 2 aromatic heterocycles. The summed E-state index contributed by atoms with van der Waals surface area (Å²) >= 11 is 1.55. The molecule has 8 heteroatoms. The first-order valence-electron chi connectivity index (χ1n) is 8.71.